The second kappa shape index (κ2) is 8.40. The monoisotopic (exact) mass is 440 g/mol. The Balaban J connectivity index is 1.33. The SMILES string of the molecule is O=C1N(C2CCC(O)CC2)CCC12CCCN(c1ncc(-c3ccncc3)cc1Cl)C2. The Kier molecular flexibility index (Phi) is 5.61. The summed E-state index contributed by atoms with van der Waals surface area (Å²) in [5, 5.41) is 10.4. The van der Waals surface area contributed by atoms with Crippen molar-refractivity contribution in [3.8, 4) is 11.1 Å². The topological polar surface area (TPSA) is 69.6 Å². The predicted octanol–water partition coefficient (Wildman–Crippen LogP) is 3.92. The first-order chi connectivity index (χ1) is 15.1. The number of nitrogens with zero attached hydrogens (tertiary/aromatic N) is 4. The average molecular weight is 441 g/mol. The summed E-state index contributed by atoms with van der Waals surface area (Å²) < 4.78 is 0. The van der Waals surface area contributed by atoms with Crippen molar-refractivity contribution < 1.29 is 9.90 Å². The van der Waals surface area contributed by atoms with Gasteiger partial charge in [-0.25, -0.2) is 4.98 Å². The fraction of sp³-hybridized carbons (Fsp3) is 0.542. The first kappa shape index (κ1) is 20.7. The van der Waals surface area contributed by atoms with Crippen LogP contribution in [0.15, 0.2) is 36.8 Å². The van der Waals surface area contributed by atoms with Gasteiger partial charge in [0.1, 0.15) is 5.82 Å². The van der Waals surface area contributed by atoms with Gasteiger partial charge in [-0.15, -0.1) is 0 Å². The quantitative estimate of drug-likeness (QED) is 0.783. The smallest absolute Gasteiger partial charge is 0.230 e. The number of aromatic nitrogens is 2. The minimum absolute atomic E-state index is 0.198. The summed E-state index contributed by atoms with van der Waals surface area (Å²) in [5.74, 6) is 1.06. The first-order valence-corrected chi connectivity index (χ1v) is 11.7. The number of hydrogen-bond acceptors (Lipinski definition) is 5. The first-order valence-electron chi connectivity index (χ1n) is 11.4. The van der Waals surface area contributed by atoms with Crippen LogP contribution in [-0.4, -0.2) is 57.7 Å². The third-order valence-electron chi connectivity index (χ3n) is 7.36. The Morgan fingerprint density at radius 2 is 1.84 bits per heavy atom. The largest absolute Gasteiger partial charge is 0.393 e. The van der Waals surface area contributed by atoms with E-state index in [1.807, 2.05) is 24.4 Å². The van der Waals surface area contributed by atoms with Crippen LogP contribution < -0.4 is 4.90 Å². The van der Waals surface area contributed by atoms with Gasteiger partial charge in [0, 0.05) is 49.8 Å². The van der Waals surface area contributed by atoms with E-state index in [-0.39, 0.29) is 17.6 Å². The summed E-state index contributed by atoms with van der Waals surface area (Å²) in [5.41, 5.74) is 1.67. The van der Waals surface area contributed by atoms with Gasteiger partial charge in [-0.3, -0.25) is 9.78 Å². The number of likely N-dealkylation sites (tertiary alicyclic amines) is 1. The lowest BCUT2D eigenvalue weighted by Crippen LogP contribution is -2.50. The molecule has 6 nitrogen and oxygen atoms in total. The molecule has 2 aromatic rings. The van der Waals surface area contributed by atoms with Crippen LogP contribution >= 0.6 is 11.6 Å². The molecular weight excluding hydrogens is 412 g/mol. The van der Waals surface area contributed by atoms with Gasteiger partial charge < -0.3 is 14.9 Å². The van der Waals surface area contributed by atoms with Gasteiger partial charge in [0.15, 0.2) is 0 Å². The van der Waals surface area contributed by atoms with E-state index in [0.717, 1.165) is 75.0 Å². The number of rotatable bonds is 3. The summed E-state index contributed by atoms with van der Waals surface area (Å²) in [6, 6.07) is 6.13. The summed E-state index contributed by atoms with van der Waals surface area (Å²) in [7, 11) is 0. The molecule has 2 aliphatic heterocycles. The van der Waals surface area contributed by atoms with Crippen LogP contribution in [0.1, 0.15) is 44.9 Å². The van der Waals surface area contributed by atoms with Gasteiger partial charge in [-0.05, 0) is 68.7 Å². The molecule has 1 unspecified atom stereocenters. The van der Waals surface area contributed by atoms with Crippen LogP contribution in [0.4, 0.5) is 5.82 Å². The Bertz CT molecular complexity index is 948. The number of aliphatic hydroxyl groups excluding tert-OH is 1. The molecule has 3 fully saturated rings. The molecule has 1 amide bonds. The highest BCUT2D eigenvalue weighted by Crippen LogP contribution is 2.44. The number of anilines is 1. The maximum Gasteiger partial charge on any atom is 0.230 e. The highest BCUT2D eigenvalue weighted by atomic mass is 35.5. The fourth-order valence-electron chi connectivity index (χ4n) is 5.62. The number of aliphatic hydroxyl groups is 1. The van der Waals surface area contributed by atoms with E-state index in [4.69, 9.17) is 16.6 Å². The van der Waals surface area contributed by atoms with Crippen LogP contribution in [0.5, 0.6) is 0 Å². The van der Waals surface area contributed by atoms with Gasteiger partial charge in [-0.2, -0.15) is 0 Å². The second-order valence-corrected chi connectivity index (χ2v) is 9.69. The lowest BCUT2D eigenvalue weighted by Gasteiger charge is -2.41. The number of halogens is 1. The maximum atomic E-state index is 13.5. The molecule has 0 radical (unpaired) electrons. The van der Waals surface area contributed by atoms with Crippen molar-refractivity contribution in [3.05, 3.63) is 41.8 Å². The number of hydrogen-bond donors (Lipinski definition) is 1. The fourth-order valence-corrected chi connectivity index (χ4v) is 5.91. The van der Waals surface area contributed by atoms with Crippen molar-refractivity contribution in [2.75, 3.05) is 24.5 Å². The van der Waals surface area contributed by atoms with Crippen LogP contribution in [0.3, 0.4) is 0 Å². The van der Waals surface area contributed by atoms with E-state index in [2.05, 4.69) is 14.8 Å². The molecule has 1 aliphatic carbocycles. The molecule has 31 heavy (non-hydrogen) atoms. The van der Waals surface area contributed by atoms with E-state index in [1.165, 1.54) is 0 Å². The Labute approximate surface area is 188 Å². The molecule has 0 bridgehead atoms. The number of amides is 1. The van der Waals surface area contributed by atoms with Crippen molar-refractivity contribution in [2.45, 2.75) is 57.1 Å². The summed E-state index contributed by atoms with van der Waals surface area (Å²) in [4.78, 5) is 26.6. The van der Waals surface area contributed by atoms with E-state index in [9.17, 15) is 9.90 Å². The highest BCUT2D eigenvalue weighted by Gasteiger charge is 2.51. The van der Waals surface area contributed by atoms with Gasteiger partial charge in [0.05, 0.1) is 16.5 Å². The minimum atomic E-state index is -0.330. The van der Waals surface area contributed by atoms with Crippen LogP contribution in [0.2, 0.25) is 5.02 Å². The summed E-state index contributed by atoms with van der Waals surface area (Å²) in [6.45, 7) is 2.38. The standard InChI is InChI=1S/C24H29ClN4O2/c25-21-14-18(17-6-10-26-11-7-17)15-27-22(21)28-12-1-8-24(16-28)9-13-29(23(24)31)19-2-4-20(30)5-3-19/h6-7,10-11,14-15,19-20,30H,1-5,8-9,12-13,16H2. The number of pyridine rings is 2. The van der Waals surface area contributed by atoms with Gasteiger partial charge in [0.2, 0.25) is 5.91 Å². The van der Waals surface area contributed by atoms with Crippen LogP contribution in [0.25, 0.3) is 11.1 Å². The Morgan fingerprint density at radius 1 is 1.06 bits per heavy atom. The van der Waals surface area contributed by atoms with Crippen molar-refractivity contribution in [2.24, 2.45) is 5.41 Å². The van der Waals surface area contributed by atoms with Crippen LogP contribution in [0, 0.1) is 5.41 Å². The Hall–Kier alpha value is -2.18. The zero-order valence-corrected chi connectivity index (χ0v) is 18.5. The third kappa shape index (κ3) is 3.92. The average Bonchev–Trinajstić information content (AvgIpc) is 3.10. The lowest BCUT2D eigenvalue weighted by molar-refractivity contribution is -0.139. The van der Waals surface area contributed by atoms with Crippen LogP contribution in [-0.2, 0) is 4.79 Å². The zero-order chi connectivity index (χ0) is 21.4. The number of carbonyl (C=O) groups excluding carboxylic acids is 1. The lowest BCUT2D eigenvalue weighted by atomic mass is 9.78. The van der Waals surface area contributed by atoms with Gasteiger partial charge in [-0.1, -0.05) is 11.6 Å². The normalized spacial score (nSPS) is 29.0. The maximum absolute atomic E-state index is 13.5. The third-order valence-corrected chi connectivity index (χ3v) is 7.64. The summed E-state index contributed by atoms with van der Waals surface area (Å²) in [6.07, 6.45) is 11.4. The molecule has 1 N–H and O–H groups in total. The van der Waals surface area contributed by atoms with E-state index < -0.39 is 0 Å². The van der Waals surface area contributed by atoms with E-state index in [1.54, 1.807) is 12.4 Å². The molecule has 7 heteroatoms. The molecule has 1 spiro atoms. The molecule has 3 aliphatic rings. The zero-order valence-electron chi connectivity index (χ0n) is 17.7. The van der Waals surface area contributed by atoms with Gasteiger partial charge >= 0.3 is 0 Å². The van der Waals surface area contributed by atoms with Crippen molar-refractivity contribution in [3.63, 3.8) is 0 Å². The van der Waals surface area contributed by atoms with Gasteiger partial charge in [0.25, 0.3) is 0 Å². The number of carbonyl (C=O) groups is 1. The molecule has 0 aromatic carbocycles. The molecule has 1 atom stereocenters. The van der Waals surface area contributed by atoms with Crippen molar-refractivity contribution in [1.29, 1.82) is 0 Å². The molecule has 5 rings (SSSR count). The minimum Gasteiger partial charge on any atom is -0.393 e. The number of piperidine rings is 1. The van der Waals surface area contributed by atoms with Crippen molar-refractivity contribution in [1.82, 2.24) is 14.9 Å². The molecule has 1 saturated carbocycles. The molecule has 4 heterocycles. The molecular formula is C24H29ClN4O2. The van der Waals surface area contributed by atoms with Crippen molar-refractivity contribution >= 4 is 23.3 Å². The van der Waals surface area contributed by atoms with E-state index >= 15 is 0 Å². The predicted molar refractivity (Wildman–Crippen MR) is 121 cm³/mol. The van der Waals surface area contributed by atoms with E-state index in [0.29, 0.717) is 17.5 Å². The second-order valence-electron chi connectivity index (χ2n) is 9.28. The Morgan fingerprint density at radius 3 is 2.58 bits per heavy atom. The highest BCUT2D eigenvalue weighted by molar-refractivity contribution is 6.33. The molecule has 2 saturated heterocycles. The molecule has 2 aromatic heterocycles. The molecule has 164 valence electrons. The summed E-state index contributed by atoms with van der Waals surface area (Å²) >= 11 is 6.67.